The van der Waals surface area contributed by atoms with Crippen molar-refractivity contribution in [2.45, 2.75) is 32.4 Å². The zero-order valence-electron chi connectivity index (χ0n) is 13.2. The molecule has 2 aromatic rings. The molecule has 1 aromatic heterocycles. The lowest BCUT2D eigenvalue weighted by Crippen LogP contribution is -2.48. The molecular weight excluding hydrogens is 294 g/mol. The maximum Gasteiger partial charge on any atom is 0.277 e. The highest BCUT2D eigenvalue weighted by atomic mass is 16.2. The van der Waals surface area contributed by atoms with Gasteiger partial charge in [0.2, 0.25) is 5.91 Å². The first-order valence-corrected chi connectivity index (χ1v) is 7.98. The average Bonchev–Trinajstić information content (AvgIpc) is 2.57. The molecule has 3 rings (SSSR count). The number of aryl methyl sites for hydroxylation is 1. The van der Waals surface area contributed by atoms with Gasteiger partial charge in [0.1, 0.15) is 5.52 Å². The Labute approximate surface area is 134 Å². The molecule has 122 valence electrons. The van der Waals surface area contributed by atoms with Gasteiger partial charge in [0, 0.05) is 12.5 Å². The molecule has 1 aromatic carbocycles. The molecule has 2 unspecified atom stereocenters. The Morgan fingerprint density at radius 2 is 2.26 bits per heavy atom. The molecule has 0 spiro atoms. The summed E-state index contributed by atoms with van der Waals surface area (Å²) in [4.78, 5) is 24.4. The van der Waals surface area contributed by atoms with E-state index in [0.717, 1.165) is 19.5 Å². The van der Waals surface area contributed by atoms with Crippen LogP contribution < -0.4 is 16.2 Å². The maximum atomic E-state index is 12.3. The number of aromatic nitrogens is 3. The maximum absolute atomic E-state index is 12.3. The molecule has 2 N–H and O–H groups in total. The van der Waals surface area contributed by atoms with E-state index in [1.54, 1.807) is 18.2 Å². The number of fused-ring (bicyclic) bond motifs is 1. The first-order valence-electron chi connectivity index (χ1n) is 7.98. The second-order valence-corrected chi connectivity index (χ2v) is 6.03. The Kier molecular flexibility index (Phi) is 4.66. The Hall–Kier alpha value is -2.28. The fourth-order valence-electron chi connectivity index (χ4n) is 2.88. The van der Waals surface area contributed by atoms with Crippen molar-refractivity contribution in [2.24, 2.45) is 5.92 Å². The number of benzene rings is 1. The predicted octanol–water partition coefficient (Wildman–Crippen LogP) is 0.296. The van der Waals surface area contributed by atoms with E-state index in [9.17, 15) is 9.59 Å². The smallest absolute Gasteiger partial charge is 0.277 e. The number of hydrogen-bond acceptors (Lipinski definition) is 5. The number of nitrogens with zero attached hydrogens (tertiary/aromatic N) is 3. The van der Waals surface area contributed by atoms with Crippen molar-refractivity contribution in [3.05, 3.63) is 34.6 Å². The lowest BCUT2D eigenvalue weighted by molar-refractivity contribution is -0.122. The molecule has 1 fully saturated rings. The standard InChI is InChI=1S/C16H21N5O2/c1-11-10-17-8-6-13(11)18-15(22)7-9-21-16(23)12-4-2-3-5-14(12)19-20-21/h2-5,11,13,17H,6-10H2,1H3,(H,18,22). The van der Waals surface area contributed by atoms with Crippen molar-refractivity contribution in [3.8, 4) is 0 Å². The van der Waals surface area contributed by atoms with Gasteiger partial charge in [-0.25, -0.2) is 4.68 Å². The minimum Gasteiger partial charge on any atom is -0.353 e. The van der Waals surface area contributed by atoms with Gasteiger partial charge in [-0.3, -0.25) is 9.59 Å². The predicted molar refractivity (Wildman–Crippen MR) is 87.0 cm³/mol. The fraction of sp³-hybridized carbons (Fsp3) is 0.500. The second-order valence-electron chi connectivity index (χ2n) is 6.03. The van der Waals surface area contributed by atoms with Crippen molar-refractivity contribution < 1.29 is 4.79 Å². The van der Waals surface area contributed by atoms with E-state index in [2.05, 4.69) is 27.9 Å². The monoisotopic (exact) mass is 315 g/mol. The number of rotatable bonds is 4. The van der Waals surface area contributed by atoms with Gasteiger partial charge < -0.3 is 10.6 Å². The molecular formula is C16H21N5O2. The van der Waals surface area contributed by atoms with Gasteiger partial charge in [-0.15, -0.1) is 5.10 Å². The van der Waals surface area contributed by atoms with E-state index in [1.807, 2.05) is 6.07 Å². The Morgan fingerprint density at radius 1 is 1.43 bits per heavy atom. The summed E-state index contributed by atoms with van der Waals surface area (Å²) in [7, 11) is 0. The summed E-state index contributed by atoms with van der Waals surface area (Å²) in [5.74, 6) is 0.362. The molecule has 2 heterocycles. The molecule has 0 bridgehead atoms. The van der Waals surface area contributed by atoms with Crippen LogP contribution in [0.5, 0.6) is 0 Å². The average molecular weight is 315 g/mol. The zero-order valence-corrected chi connectivity index (χ0v) is 13.2. The van der Waals surface area contributed by atoms with Gasteiger partial charge in [0.15, 0.2) is 0 Å². The minimum absolute atomic E-state index is 0.0504. The number of carbonyl (C=O) groups excluding carboxylic acids is 1. The molecule has 0 aliphatic carbocycles. The third-order valence-electron chi connectivity index (χ3n) is 4.31. The lowest BCUT2D eigenvalue weighted by atomic mass is 9.95. The topological polar surface area (TPSA) is 88.9 Å². The molecule has 1 saturated heterocycles. The summed E-state index contributed by atoms with van der Waals surface area (Å²) < 4.78 is 1.26. The Balaban J connectivity index is 1.63. The third kappa shape index (κ3) is 3.56. The Bertz CT molecular complexity index is 757. The van der Waals surface area contributed by atoms with Crippen LogP contribution in [0.3, 0.4) is 0 Å². The second kappa shape index (κ2) is 6.87. The summed E-state index contributed by atoms with van der Waals surface area (Å²) >= 11 is 0. The van der Waals surface area contributed by atoms with Crippen LogP contribution in [0.25, 0.3) is 10.9 Å². The zero-order chi connectivity index (χ0) is 16.2. The van der Waals surface area contributed by atoms with Crippen LogP contribution in [-0.2, 0) is 11.3 Å². The molecule has 0 saturated carbocycles. The van der Waals surface area contributed by atoms with Gasteiger partial charge >= 0.3 is 0 Å². The van der Waals surface area contributed by atoms with Crippen LogP contribution in [0.2, 0.25) is 0 Å². The molecule has 23 heavy (non-hydrogen) atoms. The highest BCUT2D eigenvalue weighted by molar-refractivity contribution is 5.77. The molecule has 2 atom stereocenters. The molecule has 7 nitrogen and oxygen atoms in total. The van der Waals surface area contributed by atoms with Crippen LogP contribution in [0.1, 0.15) is 19.8 Å². The number of nitrogens with one attached hydrogen (secondary N) is 2. The fourth-order valence-corrected chi connectivity index (χ4v) is 2.88. The van der Waals surface area contributed by atoms with E-state index in [0.29, 0.717) is 16.8 Å². The number of amides is 1. The minimum atomic E-state index is -0.210. The summed E-state index contributed by atoms with van der Waals surface area (Å²) in [6.45, 7) is 4.20. The quantitative estimate of drug-likeness (QED) is 0.847. The molecule has 0 radical (unpaired) electrons. The highest BCUT2D eigenvalue weighted by Crippen LogP contribution is 2.10. The summed E-state index contributed by atoms with van der Waals surface area (Å²) in [5, 5.41) is 14.8. The Morgan fingerprint density at radius 3 is 3.09 bits per heavy atom. The largest absolute Gasteiger partial charge is 0.353 e. The van der Waals surface area contributed by atoms with Crippen molar-refractivity contribution in [2.75, 3.05) is 13.1 Å². The SMILES string of the molecule is CC1CNCCC1NC(=O)CCn1nnc2ccccc2c1=O. The summed E-state index contributed by atoms with van der Waals surface area (Å²) in [6, 6.07) is 7.28. The summed E-state index contributed by atoms with van der Waals surface area (Å²) in [6.07, 6.45) is 1.16. The molecule has 1 amide bonds. The van der Waals surface area contributed by atoms with Crippen LogP contribution >= 0.6 is 0 Å². The van der Waals surface area contributed by atoms with Crippen LogP contribution in [-0.4, -0.2) is 40.0 Å². The highest BCUT2D eigenvalue weighted by Gasteiger charge is 2.22. The molecule has 1 aliphatic rings. The van der Waals surface area contributed by atoms with Gasteiger partial charge in [0.05, 0.1) is 11.9 Å². The summed E-state index contributed by atoms with van der Waals surface area (Å²) in [5.41, 5.74) is 0.361. The van der Waals surface area contributed by atoms with E-state index in [-0.39, 0.29) is 30.5 Å². The van der Waals surface area contributed by atoms with Crippen LogP contribution in [0.15, 0.2) is 29.1 Å². The van der Waals surface area contributed by atoms with E-state index in [1.165, 1.54) is 4.68 Å². The first-order chi connectivity index (χ1) is 11.1. The normalized spacial score (nSPS) is 21.3. The van der Waals surface area contributed by atoms with Gasteiger partial charge in [-0.05, 0) is 37.6 Å². The first kappa shape index (κ1) is 15.6. The van der Waals surface area contributed by atoms with E-state index < -0.39 is 0 Å². The van der Waals surface area contributed by atoms with Gasteiger partial charge in [-0.2, -0.15) is 0 Å². The van der Waals surface area contributed by atoms with Crippen molar-refractivity contribution in [3.63, 3.8) is 0 Å². The van der Waals surface area contributed by atoms with Crippen molar-refractivity contribution in [1.82, 2.24) is 25.6 Å². The van der Waals surface area contributed by atoms with Gasteiger partial charge in [0.25, 0.3) is 5.56 Å². The van der Waals surface area contributed by atoms with Gasteiger partial charge in [-0.1, -0.05) is 24.3 Å². The van der Waals surface area contributed by atoms with Crippen LogP contribution in [0, 0.1) is 5.92 Å². The van der Waals surface area contributed by atoms with Crippen LogP contribution in [0.4, 0.5) is 0 Å². The van der Waals surface area contributed by atoms with E-state index in [4.69, 9.17) is 0 Å². The molecule has 1 aliphatic heterocycles. The lowest BCUT2D eigenvalue weighted by Gasteiger charge is -2.30. The third-order valence-corrected chi connectivity index (χ3v) is 4.31. The number of piperidine rings is 1. The van der Waals surface area contributed by atoms with Crippen molar-refractivity contribution >= 4 is 16.8 Å². The van der Waals surface area contributed by atoms with Crippen molar-refractivity contribution in [1.29, 1.82) is 0 Å². The van der Waals surface area contributed by atoms with E-state index >= 15 is 0 Å². The number of hydrogen-bond donors (Lipinski definition) is 2. The molecule has 7 heteroatoms. The number of carbonyl (C=O) groups is 1.